The van der Waals surface area contributed by atoms with Gasteiger partial charge in [-0.25, -0.2) is 14.8 Å². The van der Waals surface area contributed by atoms with E-state index in [-0.39, 0.29) is 28.5 Å². The van der Waals surface area contributed by atoms with Crippen LogP contribution in [0, 0.1) is 10.8 Å². The number of hydrogen-bond donors (Lipinski definition) is 1. The van der Waals surface area contributed by atoms with Crippen LogP contribution in [-0.4, -0.2) is 29.6 Å². The Balaban J connectivity index is 1.71. The molecule has 1 aliphatic rings. The Labute approximate surface area is 188 Å². The Hall–Kier alpha value is -2.90. The first kappa shape index (κ1) is 22.3. The van der Waals surface area contributed by atoms with Gasteiger partial charge < -0.3 is 10.3 Å². The summed E-state index contributed by atoms with van der Waals surface area (Å²) in [5.41, 5.74) is 8.10. The second-order valence-electron chi connectivity index (χ2n) is 11.1. The van der Waals surface area contributed by atoms with Crippen LogP contribution in [0.25, 0.3) is 11.2 Å². The van der Waals surface area contributed by atoms with Crippen LogP contribution >= 0.6 is 0 Å². The van der Waals surface area contributed by atoms with E-state index in [1.165, 1.54) is 0 Å². The number of hydrogen-bond acceptors (Lipinski definition) is 4. The highest BCUT2D eigenvalue weighted by atomic mass is 16.2. The summed E-state index contributed by atoms with van der Waals surface area (Å²) in [5, 5.41) is 0. The van der Waals surface area contributed by atoms with Crippen molar-refractivity contribution in [2.75, 3.05) is 0 Å². The number of pyridine rings is 1. The Morgan fingerprint density at radius 2 is 2.00 bits per heavy atom. The summed E-state index contributed by atoms with van der Waals surface area (Å²) in [6.45, 7) is 11.5. The van der Waals surface area contributed by atoms with E-state index in [0.29, 0.717) is 12.4 Å². The molecule has 0 aromatic carbocycles. The van der Waals surface area contributed by atoms with Gasteiger partial charge in [0.25, 0.3) is 5.91 Å². The van der Waals surface area contributed by atoms with Crippen molar-refractivity contribution in [3.63, 3.8) is 0 Å². The summed E-state index contributed by atoms with van der Waals surface area (Å²) >= 11 is 0. The van der Waals surface area contributed by atoms with E-state index in [2.05, 4.69) is 45.7 Å². The molecule has 2 unspecified atom stereocenters. The topological polar surface area (TPSA) is 101 Å². The average Bonchev–Trinajstić information content (AvgIpc) is 3.27. The van der Waals surface area contributed by atoms with E-state index in [1.807, 2.05) is 21.4 Å². The third-order valence-corrected chi connectivity index (χ3v) is 6.82. The molecular formula is C24H34N6O2. The SMILES string of the molecule is Cn1c(=O)n(CC(C)(C)C)c2ccc(C3CCC(C)(C)C(n4ccnc4C(N)=O)C3)nc21. The number of amides is 1. The lowest BCUT2D eigenvalue weighted by molar-refractivity contribution is 0.0949. The van der Waals surface area contributed by atoms with Crippen molar-refractivity contribution in [3.8, 4) is 0 Å². The highest BCUT2D eigenvalue weighted by molar-refractivity contribution is 5.89. The molecule has 0 saturated heterocycles. The van der Waals surface area contributed by atoms with E-state index < -0.39 is 5.91 Å². The van der Waals surface area contributed by atoms with E-state index >= 15 is 0 Å². The largest absolute Gasteiger partial charge is 0.363 e. The number of carbonyl (C=O) groups is 1. The summed E-state index contributed by atoms with van der Waals surface area (Å²) in [4.78, 5) is 33.9. The maximum Gasteiger partial charge on any atom is 0.330 e. The first-order valence-electron chi connectivity index (χ1n) is 11.3. The number of nitrogens with two attached hydrogens (primary N) is 1. The lowest BCUT2D eigenvalue weighted by atomic mass is 9.68. The van der Waals surface area contributed by atoms with Crippen molar-refractivity contribution in [1.82, 2.24) is 23.7 Å². The molecule has 2 atom stereocenters. The van der Waals surface area contributed by atoms with Crippen LogP contribution in [-0.2, 0) is 13.6 Å². The molecule has 172 valence electrons. The summed E-state index contributed by atoms with van der Waals surface area (Å²) in [7, 11) is 1.79. The second kappa shape index (κ2) is 7.60. The molecule has 0 spiro atoms. The van der Waals surface area contributed by atoms with Gasteiger partial charge in [0.05, 0.1) is 5.52 Å². The standard InChI is InChI=1S/C24H34N6O2/c1-23(2,3)14-30-17-8-7-16(27-20(17)28(6)22(30)32)15-9-10-24(4,5)18(13-15)29-12-11-26-21(29)19(25)31/h7-8,11-12,15,18H,9-10,13-14H2,1-6H3,(H2,25,31). The minimum absolute atomic E-state index is 0.00556. The number of rotatable bonds is 4. The maximum absolute atomic E-state index is 12.9. The fraction of sp³-hybridized carbons (Fsp3) is 0.583. The molecule has 1 saturated carbocycles. The van der Waals surface area contributed by atoms with Gasteiger partial charge in [0.2, 0.25) is 0 Å². The Morgan fingerprint density at radius 1 is 1.28 bits per heavy atom. The predicted octanol–water partition coefficient (Wildman–Crippen LogP) is 3.61. The molecule has 0 radical (unpaired) electrons. The number of imidazole rings is 2. The number of primary amides is 1. The highest BCUT2D eigenvalue weighted by Gasteiger charge is 2.39. The summed E-state index contributed by atoms with van der Waals surface area (Å²) < 4.78 is 5.40. The van der Waals surface area contributed by atoms with Gasteiger partial charge in [-0.15, -0.1) is 0 Å². The van der Waals surface area contributed by atoms with Gasteiger partial charge in [-0.3, -0.25) is 13.9 Å². The van der Waals surface area contributed by atoms with Crippen LogP contribution < -0.4 is 11.4 Å². The quantitative estimate of drug-likeness (QED) is 0.672. The molecule has 2 N–H and O–H groups in total. The normalized spacial score (nSPS) is 21.2. The molecule has 32 heavy (non-hydrogen) atoms. The van der Waals surface area contributed by atoms with Gasteiger partial charge in [0, 0.05) is 43.6 Å². The Kier molecular flexibility index (Phi) is 5.30. The van der Waals surface area contributed by atoms with Crippen LogP contribution in [0.2, 0.25) is 0 Å². The first-order valence-corrected chi connectivity index (χ1v) is 11.3. The minimum Gasteiger partial charge on any atom is -0.363 e. The van der Waals surface area contributed by atoms with Crippen molar-refractivity contribution in [1.29, 1.82) is 0 Å². The first-order chi connectivity index (χ1) is 14.9. The van der Waals surface area contributed by atoms with E-state index in [1.54, 1.807) is 17.8 Å². The smallest absolute Gasteiger partial charge is 0.330 e. The van der Waals surface area contributed by atoms with Crippen LogP contribution in [0.15, 0.2) is 29.3 Å². The van der Waals surface area contributed by atoms with Gasteiger partial charge in [0.1, 0.15) is 0 Å². The molecule has 0 aliphatic heterocycles. The Morgan fingerprint density at radius 3 is 2.66 bits per heavy atom. The van der Waals surface area contributed by atoms with Gasteiger partial charge >= 0.3 is 5.69 Å². The third-order valence-electron chi connectivity index (χ3n) is 6.82. The van der Waals surface area contributed by atoms with Crippen LogP contribution in [0.5, 0.6) is 0 Å². The summed E-state index contributed by atoms with van der Waals surface area (Å²) in [6.07, 6.45) is 6.31. The average molecular weight is 439 g/mol. The molecule has 3 heterocycles. The fourth-order valence-corrected chi connectivity index (χ4v) is 5.08. The summed E-state index contributed by atoms with van der Waals surface area (Å²) in [6, 6.07) is 4.17. The van der Waals surface area contributed by atoms with Gasteiger partial charge in [-0.05, 0) is 42.2 Å². The molecule has 3 aromatic rings. The van der Waals surface area contributed by atoms with Gasteiger partial charge in [-0.1, -0.05) is 34.6 Å². The minimum atomic E-state index is -0.511. The molecular weight excluding hydrogens is 404 g/mol. The number of aromatic nitrogens is 5. The molecule has 4 rings (SSSR count). The van der Waals surface area contributed by atoms with Crippen molar-refractivity contribution in [3.05, 3.63) is 46.5 Å². The third kappa shape index (κ3) is 3.87. The molecule has 1 fully saturated rings. The zero-order chi connectivity index (χ0) is 23.4. The lowest BCUT2D eigenvalue weighted by Crippen LogP contribution is -2.35. The second-order valence-corrected chi connectivity index (χ2v) is 11.1. The zero-order valence-corrected chi connectivity index (χ0v) is 19.9. The monoisotopic (exact) mass is 438 g/mol. The van der Waals surface area contributed by atoms with Crippen molar-refractivity contribution in [2.24, 2.45) is 23.6 Å². The molecule has 1 aliphatic carbocycles. The number of fused-ring (bicyclic) bond motifs is 1. The van der Waals surface area contributed by atoms with Crippen LogP contribution in [0.4, 0.5) is 0 Å². The molecule has 8 nitrogen and oxygen atoms in total. The molecule has 1 amide bonds. The van der Waals surface area contributed by atoms with Crippen LogP contribution in [0.3, 0.4) is 0 Å². The number of aryl methyl sites for hydroxylation is 1. The van der Waals surface area contributed by atoms with Crippen molar-refractivity contribution < 1.29 is 4.79 Å². The molecule has 8 heteroatoms. The molecule has 3 aromatic heterocycles. The van der Waals surface area contributed by atoms with Crippen LogP contribution in [0.1, 0.15) is 82.2 Å². The zero-order valence-electron chi connectivity index (χ0n) is 19.9. The van der Waals surface area contributed by atoms with E-state index in [9.17, 15) is 9.59 Å². The van der Waals surface area contributed by atoms with E-state index in [0.717, 1.165) is 36.1 Å². The summed E-state index contributed by atoms with van der Waals surface area (Å²) in [5.74, 6) is 0.0121. The van der Waals surface area contributed by atoms with E-state index in [4.69, 9.17) is 10.7 Å². The highest BCUT2D eigenvalue weighted by Crippen LogP contribution is 2.49. The van der Waals surface area contributed by atoms with Crippen molar-refractivity contribution >= 4 is 17.1 Å². The maximum atomic E-state index is 12.9. The van der Waals surface area contributed by atoms with Gasteiger partial charge in [-0.2, -0.15) is 0 Å². The van der Waals surface area contributed by atoms with Gasteiger partial charge in [0.15, 0.2) is 11.5 Å². The fourth-order valence-electron chi connectivity index (χ4n) is 5.08. The number of nitrogens with zero attached hydrogens (tertiary/aromatic N) is 5. The predicted molar refractivity (Wildman–Crippen MR) is 125 cm³/mol. The number of carbonyl (C=O) groups excluding carboxylic acids is 1. The molecule has 0 bridgehead atoms. The Bertz CT molecular complexity index is 1220. The van der Waals surface area contributed by atoms with Crippen molar-refractivity contribution in [2.45, 2.75) is 72.4 Å². The lowest BCUT2D eigenvalue weighted by Gasteiger charge is -2.43.